The van der Waals surface area contributed by atoms with E-state index >= 15 is 0 Å². The number of carbonyl (C=O) groups is 2. The highest BCUT2D eigenvalue weighted by molar-refractivity contribution is 6.30. The van der Waals surface area contributed by atoms with Crippen LogP contribution in [-0.2, 0) is 9.59 Å². The molecule has 5 nitrogen and oxygen atoms in total. The van der Waals surface area contributed by atoms with Gasteiger partial charge in [-0.15, -0.1) is 0 Å². The van der Waals surface area contributed by atoms with Crippen molar-refractivity contribution in [3.05, 3.63) is 29.3 Å². The summed E-state index contributed by atoms with van der Waals surface area (Å²) in [7, 11) is 1.61. The molecule has 0 spiro atoms. The largest absolute Gasteiger partial charge is 0.426 e. The van der Waals surface area contributed by atoms with Gasteiger partial charge >= 0.3 is 6.18 Å². The molecule has 1 aromatic rings. The lowest BCUT2D eigenvalue weighted by molar-refractivity contribution is -0.250. The van der Waals surface area contributed by atoms with Crippen molar-refractivity contribution in [1.29, 1.82) is 0 Å². The van der Waals surface area contributed by atoms with E-state index in [-0.39, 0.29) is 31.8 Å². The summed E-state index contributed by atoms with van der Waals surface area (Å²) in [5.41, 5.74) is -2.78. The van der Waals surface area contributed by atoms with Gasteiger partial charge in [0.1, 0.15) is 0 Å². The van der Waals surface area contributed by atoms with E-state index in [0.29, 0.717) is 17.6 Å². The molecule has 0 aromatic heterocycles. The third kappa shape index (κ3) is 4.12. The summed E-state index contributed by atoms with van der Waals surface area (Å²) < 4.78 is 38.4. The molecule has 1 atom stereocenters. The van der Waals surface area contributed by atoms with Crippen molar-refractivity contribution >= 4 is 29.1 Å². The average Bonchev–Trinajstić information content (AvgIpc) is 2.59. The highest BCUT2D eigenvalue weighted by Crippen LogP contribution is 2.33. The van der Waals surface area contributed by atoms with Crippen molar-refractivity contribution in [2.75, 3.05) is 25.0 Å². The molecule has 26 heavy (non-hydrogen) atoms. The van der Waals surface area contributed by atoms with Gasteiger partial charge in [-0.3, -0.25) is 9.59 Å². The van der Waals surface area contributed by atoms with Gasteiger partial charge in [-0.2, -0.15) is 13.2 Å². The van der Waals surface area contributed by atoms with Crippen molar-refractivity contribution in [3.63, 3.8) is 0 Å². The number of amides is 2. The first kappa shape index (κ1) is 20.5. The molecular weight excluding hydrogens is 373 g/mol. The molecule has 0 aliphatic carbocycles. The lowest BCUT2D eigenvalue weighted by atomic mass is 9.93. The number of likely N-dealkylation sites (tertiary alicyclic amines) is 1. The lowest BCUT2D eigenvalue weighted by Gasteiger charge is -2.37. The molecule has 1 aliphatic rings. The van der Waals surface area contributed by atoms with Gasteiger partial charge in [0.25, 0.3) is 5.91 Å². The first-order valence-corrected chi connectivity index (χ1v) is 8.44. The van der Waals surface area contributed by atoms with E-state index in [9.17, 15) is 27.9 Å². The average molecular weight is 393 g/mol. The topological polar surface area (TPSA) is 60.9 Å². The molecule has 1 unspecified atom stereocenters. The van der Waals surface area contributed by atoms with Crippen LogP contribution in [0.15, 0.2) is 24.3 Å². The fourth-order valence-electron chi connectivity index (χ4n) is 2.82. The quantitative estimate of drug-likeness (QED) is 0.860. The van der Waals surface area contributed by atoms with Crippen LogP contribution in [0, 0.1) is 5.92 Å². The minimum absolute atomic E-state index is 0.0179. The Kier molecular flexibility index (Phi) is 5.87. The number of carbonyl (C=O) groups excluding carboxylic acids is 2. The molecule has 0 bridgehead atoms. The smallest absolute Gasteiger partial charge is 0.373 e. The van der Waals surface area contributed by atoms with Crippen LogP contribution in [0.2, 0.25) is 5.02 Å². The molecule has 0 saturated carbocycles. The molecule has 1 heterocycles. The van der Waals surface area contributed by atoms with Crippen molar-refractivity contribution in [1.82, 2.24) is 4.90 Å². The van der Waals surface area contributed by atoms with E-state index in [1.165, 1.54) is 4.90 Å². The van der Waals surface area contributed by atoms with Gasteiger partial charge in [-0.25, -0.2) is 0 Å². The maximum atomic E-state index is 12.8. The number of anilines is 1. The van der Waals surface area contributed by atoms with E-state index in [0.717, 1.165) is 4.90 Å². The first-order valence-electron chi connectivity index (χ1n) is 8.06. The molecule has 2 rings (SSSR count). The number of halogens is 4. The molecule has 1 aromatic carbocycles. The monoisotopic (exact) mass is 392 g/mol. The molecule has 144 valence electrons. The summed E-state index contributed by atoms with van der Waals surface area (Å²) in [5.74, 6) is -1.97. The third-order valence-electron chi connectivity index (χ3n) is 4.64. The molecule has 2 amide bonds. The van der Waals surface area contributed by atoms with Crippen LogP contribution in [0.25, 0.3) is 0 Å². The van der Waals surface area contributed by atoms with E-state index in [1.54, 1.807) is 31.3 Å². The Hall–Kier alpha value is -1.80. The second-order valence-corrected chi connectivity index (χ2v) is 6.95. The Morgan fingerprint density at radius 1 is 1.19 bits per heavy atom. The number of piperidine rings is 1. The minimum Gasteiger partial charge on any atom is -0.373 e. The van der Waals surface area contributed by atoms with Crippen molar-refractivity contribution in [2.45, 2.75) is 31.5 Å². The van der Waals surface area contributed by atoms with Crippen molar-refractivity contribution in [2.24, 2.45) is 5.92 Å². The number of hydrogen-bond acceptors (Lipinski definition) is 3. The molecule has 0 radical (unpaired) electrons. The Labute approximate surface area is 154 Å². The van der Waals surface area contributed by atoms with E-state index in [4.69, 9.17) is 11.6 Å². The van der Waals surface area contributed by atoms with E-state index < -0.39 is 23.6 Å². The third-order valence-corrected chi connectivity index (χ3v) is 4.90. The van der Waals surface area contributed by atoms with Crippen molar-refractivity contribution < 1.29 is 27.9 Å². The predicted molar refractivity (Wildman–Crippen MR) is 90.8 cm³/mol. The van der Waals surface area contributed by atoms with Crippen LogP contribution < -0.4 is 4.90 Å². The molecule has 1 N–H and O–H groups in total. The standard InChI is InChI=1S/C17H20ClF3N2O3/c1-16(26,17(19,20)21)15(25)23-9-7-11(8-10-23)14(24)22(2)13-5-3-12(18)4-6-13/h3-6,11,26H,7-10H2,1-2H3. The van der Waals surface area contributed by atoms with Gasteiger partial charge in [0.15, 0.2) is 0 Å². The fraction of sp³-hybridized carbons (Fsp3) is 0.529. The van der Waals surface area contributed by atoms with Gasteiger partial charge in [0.05, 0.1) is 0 Å². The molecular formula is C17H20ClF3N2O3. The van der Waals surface area contributed by atoms with Gasteiger partial charge in [0.2, 0.25) is 11.5 Å². The molecule has 1 fully saturated rings. The number of alkyl halides is 3. The van der Waals surface area contributed by atoms with Crippen LogP contribution >= 0.6 is 11.6 Å². The van der Waals surface area contributed by atoms with Gasteiger partial charge < -0.3 is 14.9 Å². The number of aliphatic hydroxyl groups is 1. The summed E-state index contributed by atoms with van der Waals surface area (Å²) in [6, 6.07) is 6.70. The van der Waals surface area contributed by atoms with Gasteiger partial charge in [-0.05, 0) is 44.0 Å². The number of hydrogen-bond donors (Lipinski definition) is 1. The summed E-state index contributed by atoms with van der Waals surface area (Å²) in [6.07, 6.45) is -4.58. The second-order valence-electron chi connectivity index (χ2n) is 6.51. The SMILES string of the molecule is CN(C(=O)C1CCN(C(=O)C(C)(O)C(F)(F)F)CC1)c1ccc(Cl)cc1. The van der Waals surface area contributed by atoms with Crippen molar-refractivity contribution in [3.8, 4) is 0 Å². The van der Waals surface area contributed by atoms with Crippen LogP contribution in [0.5, 0.6) is 0 Å². The Morgan fingerprint density at radius 3 is 2.15 bits per heavy atom. The normalized spacial score (nSPS) is 18.3. The number of nitrogens with zero attached hydrogens (tertiary/aromatic N) is 2. The lowest BCUT2D eigenvalue weighted by Crippen LogP contribution is -2.57. The molecule has 9 heteroatoms. The first-order chi connectivity index (χ1) is 11.9. The second kappa shape index (κ2) is 7.44. The number of benzene rings is 1. The van der Waals surface area contributed by atoms with E-state index in [2.05, 4.69) is 0 Å². The van der Waals surface area contributed by atoms with E-state index in [1.807, 2.05) is 0 Å². The Balaban J connectivity index is 1.98. The fourth-order valence-corrected chi connectivity index (χ4v) is 2.95. The Bertz CT molecular complexity index is 669. The number of rotatable bonds is 3. The molecule has 1 aliphatic heterocycles. The van der Waals surface area contributed by atoms with Gasteiger partial charge in [0, 0.05) is 36.8 Å². The minimum atomic E-state index is -5.05. The van der Waals surface area contributed by atoms with Gasteiger partial charge in [-0.1, -0.05) is 11.6 Å². The summed E-state index contributed by atoms with van der Waals surface area (Å²) in [5, 5.41) is 10.0. The summed E-state index contributed by atoms with van der Waals surface area (Å²) >= 11 is 5.82. The zero-order valence-electron chi connectivity index (χ0n) is 14.4. The van der Waals surface area contributed by atoms with Crippen LogP contribution in [-0.4, -0.2) is 53.7 Å². The summed E-state index contributed by atoms with van der Waals surface area (Å²) in [6.45, 7) is 0.409. The highest BCUT2D eigenvalue weighted by atomic mass is 35.5. The Morgan fingerprint density at radius 2 is 1.69 bits per heavy atom. The van der Waals surface area contributed by atoms with Crippen LogP contribution in [0.4, 0.5) is 18.9 Å². The summed E-state index contributed by atoms with van der Waals surface area (Å²) in [4.78, 5) is 27.0. The highest BCUT2D eigenvalue weighted by Gasteiger charge is 2.57. The predicted octanol–water partition coefficient (Wildman–Crippen LogP) is 2.85. The maximum absolute atomic E-state index is 12.8. The van der Waals surface area contributed by atoms with Crippen LogP contribution in [0.3, 0.4) is 0 Å². The zero-order valence-corrected chi connectivity index (χ0v) is 15.1. The molecule has 1 saturated heterocycles. The van der Waals surface area contributed by atoms with Crippen LogP contribution in [0.1, 0.15) is 19.8 Å². The maximum Gasteiger partial charge on any atom is 0.426 e. The zero-order chi connectivity index (χ0) is 19.7.